The molecule has 0 atom stereocenters. The molecule has 1 aromatic carbocycles. The smallest absolute Gasteiger partial charge is 0.202 e. The molecule has 1 N–H and O–H groups in total. The van der Waals surface area contributed by atoms with Gasteiger partial charge in [0.15, 0.2) is 5.13 Å². The van der Waals surface area contributed by atoms with Gasteiger partial charge in [-0.25, -0.2) is 15.0 Å². The molecule has 0 aliphatic heterocycles. The minimum absolute atomic E-state index is 0.0871. The quantitative estimate of drug-likeness (QED) is 0.746. The average Bonchev–Trinajstić information content (AvgIpc) is 2.97. The Morgan fingerprint density at radius 3 is 2.70 bits per heavy atom. The van der Waals surface area contributed by atoms with Crippen LogP contribution in [0.5, 0.6) is 0 Å². The van der Waals surface area contributed by atoms with Crippen LogP contribution in [-0.4, -0.2) is 27.3 Å². The number of nitrogens with one attached hydrogen (secondary N) is 1. The molecule has 0 aliphatic carbocycles. The summed E-state index contributed by atoms with van der Waals surface area (Å²) in [5, 5.41) is 5.57. The number of rotatable bonds is 4. The Bertz CT molecular complexity index is 755. The highest BCUT2D eigenvalue weighted by molar-refractivity contribution is 7.13. The van der Waals surface area contributed by atoms with Crippen LogP contribution in [0.25, 0.3) is 11.0 Å². The van der Waals surface area contributed by atoms with E-state index in [2.05, 4.69) is 20.3 Å². The van der Waals surface area contributed by atoms with Crippen LogP contribution < -0.4 is 5.32 Å². The highest BCUT2D eigenvalue weighted by atomic mass is 32.1. The molecule has 100 valence electrons. The van der Waals surface area contributed by atoms with Crippen LogP contribution in [0.15, 0.2) is 35.8 Å². The minimum Gasteiger partial charge on any atom is -0.354 e. The summed E-state index contributed by atoms with van der Waals surface area (Å²) in [6, 6.07) is 7.53. The summed E-state index contributed by atoms with van der Waals surface area (Å²) in [6.45, 7) is 1.97. The first-order valence-corrected chi connectivity index (χ1v) is 7.02. The zero-order valence-electron chi connectivity index (χ0n) is 10.8. The second-order valence-corrected chi connectivity index (χ2v) is 5.15. The molecule has 0 radical (unpaired) electrons. The molecule has 2 heterocycles. The van der Waals surface area contributed by atoms with Crippen LogP contribution in [0.4, 0.5) is 5.13 Å². The molecule has 5 nitrogen and oxygen atoms in total. The van der Waals surface area contributed by atoms with Crippen molar-refractivity contribution in [3.05, 3.63) is 47.2 Å². The summed E-state index contributed by atoms with van der Waals surface area (Å²) in [7, 11) is 0. The predicted octanol–water partition coefficient (Wildman–Crippen LogP) is 2.69. The summed E-state index contributed by atoms with van der Waals surface area (Å²) >= 11 is 1.46. The van der Waals surface area contributed by atoms with Gasteiger partial charge in [0.1, 0.15) is 5.69 Å². The van der Waals surface area contributed by atoms with Crippen LogP contribution in [0.2, 0.25) is 0 Å². The first-order valence-electron chi connectivity index (χ1n) is 6.14. The number of aryl methyl sites for hydroxylation is 1. The van der Waals surface area contributed by atoms with Gasteiger partial charge in [0.05, 0.1) is 23.3 Å². The van der Waals surface area contributed by atoms with Gasteiger partial charge in [-0.05, 0) is 19.1 Å². The molecule has 20 heavy (non-hydrogen) atoms. The normalized spacial score (nSPS) is 10.7. The second-order valence-electron chi connectivity index (χ2n) is 4.26. The van der Waals surface area contributed by atoms with E-state index in [9.17, 15) is 4.79 Å². The standard InChI is InChI=1S/C14H12N4OS/c1-9-13(12(19)8-16-14-15-6-7-20-14)18-11-5-3-2-4-10(11)17-9/h2-7H,8H2,1H3,(H,15,16). The van der Waals surface area contributed by atoms with Gasteiger partial charge in [-0.2, -0.15) is 0 Å². The van der Waals surface area contributed by atoms with Crippen LogP contribution >= 0.6 is 11.3 Å². The first kappa shape index (κ1) is 12.7. The van der Waals surface area contributed by atoms with Crippen LogP contribution in [0.1, 0.15) is 16.2 Å². The summed E-state index contributed by atoms with van der Waals surface area (Å²) < 4.78 is 0. The Morgan fingerprint density at radius 1 is 1.25 bits per heavy atom. The van der Waals surface area contributed by atoms with E-state index in [0.29, 0.717) is 11.4 Å². The molecular weight excluding hydrogens is 272 g/mol. The number of para-hydroxylation sites is 2. The predicted molar refractivity (Wildman–Crippen MR) is 79.2 cm³/mol. The molecule has 0 amide bonds. The van der Waals surface area contributed by atoms with E-state index < -0.39 is 0 Å². The summed E-state index contributed by atoms with van der Waals surface area (Å²) in [5.41, 5.74) is 2.59. The van der Waals surface area contributed by atoms with Crippen molar-refractivity contribution in [1.82, 2.24) is 15.0 Å². The summed E-state index contributed by atoms with van der Waals surface area (Å²) in [6.07, 6.45) is 1.69. The highest BCUT2D eigenvalue weighted by Crippen LogP contribution is 2.14. The number of Topliss-reactive ketones (excluding diaryl/α,β-unsaturated/α-hetero) is 1. The number of anilines is 1. The van der Waals surface area contributed by atoms with Crippen molar-refractivity contribution in [2.24, 2.45) is 0 Å². The lowest BCUT2D eigenvalue weighted by molar-refractivity contribution is 0.100. The number of hydrogen-bond donors (Lipinski definition) is 1. The zero-order valence-corrected chi connectivity index (χ0v) is 11.6. The molecule has 3 rings (SSSR count). The third-order valence-electron chi connectivity index (χ3n) is 2.84. The van der Waals surface area contributed by atoms with Gasteiger partial charge < -0.3 is 5.32 Å². The fraction of sp³-hybridized carbons (Fsp3) is 0.143. The van der Waals surface area contributed by atoms with E-state index >= 15 is 0 Å². The van der Waals surface area contributed by atoms with E-state index in [1.807, 2.05) is 29.6 Å². The molecule has 2 aromatic heterocycles. The second kappa shape index (κ2) is 5.34. The van der Waals surface area contributed by atoms with Crippen LogP contribution in [-0.2, 0) is 0 Å². The maximum atomic E-state index is 12.2. The Hall–Kier alpha value is -2.34. The number of ketones is 1. The Labute approximate surface area is 119 Å². The monoisotopic (exact) mass is 284 g/mol. The molecule has 3 aromatic rings. The van der Waals surface area contributed by atoms with Crippen molar-refractivity contribution in [3.8, 4) is 0 Å². The molecular formula is C14H12N4OS. The number of hydrogen-bond acceptors (Lipinski definition) is 6. The number of fused-ring (bicyclic) bond motifs is 1. The maximum Gasteiger partial charge on any atom is 0.202 e. The third-order valence-corrected chi connectivity index (χ3v) is 3.57. The van der Waals surface area contributed by atoms with Gasteiger partial charge in [-0.3, -0.25) is 4.79 Å². The van der Waals surface area contributed by atoms with E-state index in [-0.39, 0.29) is 12.3 Å². The number of nitrogens with zero attached hydrogens (tertiary/aromatic N) is 3. The van der Waals surface area contributed by atoms with Crippen molar-refractivity contribution in [3.63, 3.8) is 0 Å². The highest BCUT2D eigenvalue weighted by Gasteiger charge is 2.13. The number of carbonyl (C=O) groups excluding carboxylic acids is 1. The van der Waals surface area contributed by atoms with E-state index in [1.165, 1.54) is 11.3 Å². The number of benzene rings is 1. The molecule has 0 unspecified atom stereocenters. The van der Waals surface area contributed by atoms with Crippen LogP contribution in [0.3, 0.4) is 0 Å². The lowest BCUT2D eigenvalue weighted by Crippen LogP contribution is -2.17. The SMILES string of the molecule is Cc1nc2ccccc2nc1C(=O)CNc1nccs1. The largest absolute Gasteiger partial charge is 0.354 e. The molecule has 0 saturated heterocycles. The van der Waals surface area contributed by atoms with Crippen molar-refractivity contribution in [2.45, 2.75) is 6.92 Å². The van der Waals surface area contributed by atoms with Crippen molar-refractivity contribution < 1.29 is 4.79 Å². The van der Waals surface area contributed by atoms with Gasteiger partial charge in [-0.15, -0.1) is 11.3 Å². The van der Waals surface area contributed by atoms with Gasteiger partial charge >= 0.3 is 0 Å². The summed E-state index contributed by atoms with van der Waals surface area (Å²) in [5.74, 6) is -0.0871. The molecule has 6 heteroatoms. The van der Waals surface area contributed by atoms with Gasteiger partial charge in [0.25, 0.3) is 0 Å². The Kier molecular flexibility index (Phi) is 3.39. The maximum absolute atomic E-state index is 12.2. The molecule has 0 bridgehead atoms. The van der Waals surface area contributed by atoms with Crippen LogP contribution in [0, 0.1) is 6.92 Å². The molecule has 0 aliphatic rings. The van der Waals surface area contributed by atoms with Crippen molar-refractivity contribution in [2.75, 3.05) is 11.9 Å². The topological polar surface area (TPSA) is 67.8 Å². The number of aromatic nitrogens is 3. The molecule has 0 fully saturated rings. The molecule has 0 saturated carbocycles. The van der Waals surface area contributed by atoms with Gasteiger partial charge in [0, 0.05) is 11.6 Å². The molecule has 0 spiro atoms. The van der Waals surface area contributed by atoms with E-state index in [4.69, 9.17) is 0 Å². The van der Waals surface area contributed by atoms with Crippen molar-refractivity contribution >= 4 is 33.3 Å². The van der Waals surface area contributed by atoms with Gasteiger partial charge in [0.2, 0.25) is 5.78 Å². The van der Waals surface area contributed by atoms with E-state index in [1.54, 1.807) is 13.1 Å². The third kappa shape index (κ3) is 2.50. The van der Waals surface area contributed by atoms with Gasteiger partial charge in [-0.1, -0.05) is 12.1 Å². The number of thiazole rings is 1. The van der Waals surface area contributed by atoms with E-state index in [0.717, 1.165) is 16.2 Å². The number of carbonyl (C=O) groups is 1. The lowest BCUT2D eigenvalue weighted by atomic mass is 10.2. The Morgan fingerprint density at radius 2 is 2.00 bits per heavy atom. The first-order chi connectivity index (χ1) is 9.74. The fourth-order valence-electron chi connectivity index (χ4n) is 1.90. The zero-order chi connectivity index (χ0) is 13.9. The minimum atomic E-state index is -0.0871. The Balaban J connectivity index is 1.85. The lowest BCUT2D eigenvalue weighted by Gasteiger charge is -2.06. The fourth-order valence-corrected chi connectivity index (χ4v) is 2.43. The van der Waals surface area contributed by atoms with Crippen molar-refractivity contribution in [1.29, 1.82) is 0 Å². The average molecular weight is 284 g/mol. The summed E-state index contributed by atoms with van der Waals surface area (Å²) in [4.78, 5) is 25.1.